The molecule has 0 amide bonds. The molecule has 0 atom stereocenters. The van der Waals surface area contributed by atoms with Gasteiger partial charge in [-0.3, -0.25) is 9.93 Å². The molecule has 1 fully saturated rings. The molecule has 0 aliphatic carbocycles. The average molecular weight is 148 g/mol. The van der Waals surface area contributed by atoms with E-state index in [1.807, 2.05) is 0 Å². The van der Waals surface area contributed by atoms with E-state index in [1.165, 1.54) is 0 Å². The highest BCUT2D eigenvalue weighted by molar-refractivity contribution is 7.77. The van der Waals surface area contributed by atoms with Crippen LogP contribution in [0, 0.1) is 0 Å². The molecular formula is C5H12N2OS. The molecule has 0 aromatic rings. The van der Waals surface area contributed by atoms with Crippen molar-refractivity contribution in [2.45, 2.75) is 12.8 Å². The van der Waals surface area contributed by atoms with Crippen molar-refractivity contribution in [2.75, 3.05) is 13.1 Å². The van der Waals surface area contributed by atoms with Crippen LogP contribution in [-0.2, 0) is 4.79 Å². The van der Waals surface area contributed by atoms with Crippen LogP contribution in [-0.4, -0.2) is 18.9 Å². The molecule has 1 heterocycles. The van der Waals surface area contributed by atoms with Crippen molar-refractivity contribution in [2.24, 2.45) is 5.14 Å². The van der Waals surface area contributed by atoms with Crippen LogP contribution in [0.3, 0.4) is 0 Å². The Balaban J connectivity index is 0.000000291. The molecule has 0 unspecified atom stereocenters. The van der Waals surface area contributed by atoms with Gasteiger partial charge in [-0.2, -0.15) is 0 Å². The number of carbonyl (C=O) groups is 1. The van der Waals surface area contributed by atoms with Crippen LogP contribution in [0.4, 0.5) is 0 Å². The molecule has 1 rings (SSSR count). The summed E-state index contributed by atoms with van der Waals surface area (Å²) >= 11 is 3.03. The maximum Gasteiger partial charge on any atom is 0.146 e. The van der Waals surface area contributed by atoms with Gasteiger partial charge >= 0.3 is 0 Å². The van der Waals surface area contributed by atoms with Crippen molar-refractivity contribution in [3.05, 3.63) is 0 Å². The zero-order chi connectivity index (χ0) is 7.11. The van der Waals surface area contributed by atoms with Gasteiger partial charge in [0.25, 0.3) is 0 Å². The Morgan fingerprint density at radius 2 is 2.22 bits per heavy atom. The summed E-state index contributed by atoms with van der Waals surface area (Å²) in [5, 5.41) is 7.18. The van der Waals surface area contributed by atoms with E-state index in [0.717, 1.165) is 19.4 Å². The number of rotatable bonds is 0. The minimum Gasteiger partial charge on any atom is -0.310 e. The third-order valence-corrected chi connectivity index (χ3v) is 1.13. The fourth-order valence-corrected chi connectivity index (χ4v) is 0.727. The molecule has 0 radical (unpaired) electrons. The molecule has 0 aromatic carbocycles. The lowest BCUT2D eigenvalue weighted by Gasteiger charge is -2.08. The van der Waals surface area contributed by atoms with Crippen LogP contribution in [0.5, 0.6) is 0 Å². The van der Waals surface area contributed by atoms with Crippen molar-refractivity contribution in [1.29, 1.82) is 0 Å². The maximum absolute atomic E-state index is 10.4. The Morgan fingerprint density at radius 3 is 2.44 bits per heavy atom. The van der Waals surface area contributed by atoms with Crippen LogP contribution in [0.1, 0.15) is 12.8 Å². The first-order chi connectivity index (χ1) is 4.39. The molecule has 3 N–H and O–H groups in total. The van der Waals surface area contributed by atoms with E-state index in [1.54, 1.807) is 0 Å². The Bertz CT molecular complexity index is 79.0. The first-order valence-corrected chi connectivity index (χ1v) is 3.39. The lowest BCUT2D eigenvalue weighted by Crippen LogP contribution is -2.29. The predicted octanol–water partition coefficient (Wildman–Crippen LogP) is -0.271. The molecule has 1 aliphatic rings. The molecule has 0 spiro atoms. The van der Waals surface area contributed by atoms with Gasteiger partial charge in [0.15, 0.2) is 0 Å². The number of hydrogen-bond donors (Lipinski definition) is 3. The summed E-state index contributed by atoms with van der Waals surface area (Å²) in [5.41, 5.74) is 0. The van der Waals surface area contributed by atoms with Gasteiger partial charge in [-0.1, -0.05) is 0 Å². The average Bonchev–Trinajstić information content (AvgIpc) is 1.94. The Hall–Kier alpha value is -0.0600. The molecule has 0 bridgehead atoms. The van der Waals surface area contributed by atoms with Gasteiger partial charge in [0.2, 0.25) is 0 Å². The second-order valence-electron chi connectivity index (χ2n) is 1.82. The summed E-state index contributed by atoms with van der Waals surface area (Å²) in [7, 11) is 0. The van der Waals surface area contributed by atoms with E-state index in [0.29, 0.717) is 12.3 Å². The van der Waals surface area contributed by atoms with E-state index in [2.05, 4.69) is 23.3 Å². The van der Waals surface area contributed by atoms with E-state index in [9.17, 15) is 4.79 Å². The highest BCUT2D eigenvalue weighted by Gasteiger charge is 2.04. The first-order valence-electron chi connectivity index (χ1n) is 2.88. The van der Waals surface area contributed by atoms with E-state index in [4.69, 9.17) is 0 Å². The molecule has 0 saturated carbocycles. The van der Waals surface area contributed by atoms with Crippen molar-refractivity contribution < 1.29 is 4.79 Å². The van der Waals surface area contributed by atoms with Gasteiger partial charge in [-0.25, -0.2) is 0 Å². The van der Waals surface area contributed by atoms with Gasteiger partial charge in [0, 0.05) is 6.42 Å². The molecular weight excluding hydrogens is 136 g/mol. The van der Waals surface area contributed by atoms with Gasteiger partial charge in [0.1, 0.15) is 5.78 Å². The lowest BCUT2D eigenvalue weighted by molar-refractivity contribution is -0.119. The fraction of sp³-hybridized carbons (Fsp3) is 0.800. The smallest absolute Gasteiger partial charge is 0.146 e. The number of piperidine rings is 1. The largest absolute Gasteiger partial charge is 0.310 e. The van der Waals surface area contributed by atoms with Gasteiger partial charge < -0.3 is 5.32 Å². The minimum atomic E-state index is 0.353. The number of Topliss-reactive ketones (excluding diaryl/α,β-unsaturated/α-hetero) is 1. The number of thiol groups is 1. The summed E-state index contributed by atoms with van der Waals surface area (Å²) < 4.78 is 0. The zero-order valence-electron chi connectivity index (χ0n) is 5.26. The van der Waals surface area contributed by atoms with Crippen molar-refractivity contribution >= 4 is 18.6 Å². The van der Waals surface area contributed by atoms with Crippen LogP contribution >= 0.6 is 12.8 Å². The van der Waals surface area contributed by atoms with Crippen LogP contribution < -0.4 is 10.5 Å². The number of carbonyl (C=O) groups excluding carboxylic acids is 1. The molecule has 0 aromatic heterocycles. The van der Waals surface area contributed by atoms with Crippen molar-refractivity contribution in [3.8, 4) is 0 Å². The van der Waals surface area contributed by atoms with E-state index < -0.39 is 0 Å². The highest BCUT2D eigenvalue weighted by Crippen LogP contribution is 1.92. The fourth-order valence-electron chi connectivity index (χ4n) is 0.727. The second kappa shape index (κ2) is 6.07. The summed E-state index contributed by atoms with van der Waals surface area (Å²) in [6, 6.07) is 0. The summed E-state index contributed by atoms with van der Waals surface area (Å²) in [6.07, 6.45) is 1.81. The zero-order valence-corrected chi connectivity index (χ0v) is 6.16. The normalized spacial score (nSPS) is 18.2. The molecule has 9 heavy (non-hydrogen) atoms. The quantitative estimate of drug-likeness (QED) is 0.414. The minimum absolute atomic E-state index is 0.353. The van der Waals surface area contributed by atoms with Crippen LogP contribution in [0.25, 0.3) is 0 Å². The van der Waals surface area contributed by atoms with Gasteiger partial charge in [0.05, 0.1) is 6.54 Å². The molecule has 1 saturated heterocycles. The monoisotopic (exact) mass is 148 g/mol. The summed E-state index contributed by atoms with van der Waals surface area (Å²) in [6.45, 7) is 1.62. The molecule has 1 aliphatic heterocycles. The van der Waals surface area contributed by atoms with Crippen molar-refractivity contribution in [1.82, 2.24) is 5.32 Å². The number of nitrogens with one attached hydrogen (secondary N) is 1. The third-order valence-electron chi connectivity index (χ3n) is 1.13. The highest BCUT2D eigenvalue weighted by atomic mass is 32.1. The van der Waals surface area contributed by atoms with E-state index >= 15 is 0 Å². The number of ketones is 1. The first kappa shape index (κ1) is 8.94. The number of nitrogens with two attached hydrogens (primary N) is 1. The second-order valence-corrected chi connectivity index (χ2v) is 1.82. The Kier molecular flexibility index (Phi) is 6.03. The molecule has 3 nitrogen and oxygen atoms in total. The SMILES string of the molecule is NS.O=C1CCCNC1. The predicted molar refractivity (Wildman–Crippen MR) is 40.3 cm³/mol. The number of hydrogen-bond acceptors (Lipinski definition) is 4. The summed E-state index contributed by atoms with van der Waals surface area (Å²) in [5.74, 6) is 0.353. The lowest BCUT2D eigenvalue weighted by atomic mass is 10.1. The van der Waals surface area contributed by atoms with Gasteiger partial charge in [-0.15, -0.1) is 12.8 Å². The van der Waals surface area contributed by atoms with Gasteiger partial charge in [-0.05, 0) is 13.0 Å². The standard InChI is InChI=1S/C5H9NO.H3NS/c7-5-2-1-3-6-4-5;1-2/h6H,1-4H2;2H,1H2. The van der Waals surface area contributed by atoms with Crippen LogP contribution in [0.2, 0.25) is 0 Å². The summed E-state index contributed by atoms with van der Waals surface area (Å²) in [4.78, 5) is 10.4. The Morgan fingerprint density at radius 1 is 1.56 bits per heavy atom. The Labute approximate surface area is 60.5 Å². The molecule has 4 heteroatoms. The van der Waals surface area contributed by atoms with E-state index in [-0.39, 0.29) is 0 Å². The topological polar surface area (TPSA) is 55.1 Å². The maximum atomic E-state index is 10.4. The molecule has 54 valence electrons. The third kappa shape index (κ3) is 4.44. The van der Waals surface area contributed by atoms with Crippen molar-refractivity contribution in [3.63, 3.8) is 0 Å². The van der Waals surface area contributed by atoms with Crippen LogP contribution in [0.15, 0.2) is 0 Å².